The Balaban J connectivity index is 1.96. The van der Waals surface area contributed by atoms with Gasteiger partial charge in [-0.2, -0.15) is 13.2 Å². The predicted molar refractivity (Wildman–Crippen MR) is 94.3 cm³/mol. The van der Waals surface area contributed by atoms with E-state index in [1.165, 1.54) is 12.1 Å². The Kier molecular flexibility index (Phi) is 5.79. The molecule has 0 heterocycles. The minimum atomic E-state index is -4.43. The first-order chi connectivity index (χ1) is 11.7. The minimum absolute atomic E-state index is 0.172. The number of hydrogen-bond donors (Lipinski definition) is 2. The zero-order valence-electron chi connectivity index (χ0n) is 13.6. The van der Waals surface area contributed by atoms with Crippen LogP contribution in [-0.4, -0.2) is 26.5 Å². The monoisotopic (exact) mass is 371 g/mol. The fourth-order valence-corrected chi connectivity index (χ4v) is 2.49. The van der Waals surface area contributed by atoms with Gasteiger partial charge in [0.05, 0.1) is 22.8 Å². The quantitative estimate of drug-likeness (QED) is 0.814. The molecule has 0 aliphatic heterocycles. The van der Waals surface area contributed by atoms with Crippen LogP contribution in [0.5, 0.6) is 0 Å². The van der Waals surface area contributed by atoms with E-state index < -0.39 is 17.6 Å². The van der Waals surface area contributed by atoms with E-state index in [1.54, 1.807) is 18.2 Å². The lowest BCUT2D eigenvalue weighted by atomic mass is 10.2. The summed E-state index contributed by atoms with van der Waals surface area (Å²) >= 11 is 6.13. The van der Waals surface area contributed by atoms with Crippen molar-refractivity contribution in [3.63, 3.8) is 0 Å². The maximum absolute atomic E-state index is 12.7. The molecule has 2 rings (SSSR count). The van der Waals surface area contributed by atoms with E-state index in [0.717, 1.165) is 17.8 Å². The summed E-state index contributed by atoms with van der Waals surface area (Å²) in [5.41, 5.74) is 0.753. The molecule has 2 aromatic carbocycles. The SMILES string of the molecule is CN(C)c1ccc(NC(=O)CNc2cccc(C(F)(F)F)c2)cc1Cl. The van der Waals surface area contributed by atoms with Crippen LogP contribution in [0.1, 0.15) is 5.56 Å². The number of halogens is 4. The summed E-state index contributed by atoms with van der Waals surface area (Å²) in [7, 11) is 3.69. The molecule has 134 valence electrons. The number of carbonyl (C=O) groups is 1. The predicted octanol–water partition coefficient (Wildman–Crippen LogP) is 4.48. The number of nitrogens with zero attached hydrogens (tertiary/aromatic N) is 1. The molecule has 0 aromatic heterocycles. The van der Waals surface area contributed by atoms with E-state index >= 15 is 0 Å². The average molecular weight is 372 g/mol. The van der Waals surface area contributed by atoms with Gasteiger partial charge in [0.1, 0.15) is 0 Å². The van der Waals surface area contributed by atoms with Gasteiger partial charge in [-0.05, 0) is 36.4 Å². The topological polar surface area (TPSA) is 44.4 Å². The molecule has 0 bridgehead atoms. The molecule has 2 aromatic rings. The third-order valence-corrected chi connectivity index (χ3v) is 3.66. The number of rotatable bonds is 5. The van der Waals surface area contributed by atoms with Gasteiger partial charge in [0.2, 0.25) is 5.91 Å². The number of nitrogens with one attached hydrogen (secondary N) is 2. The van der Waals surface area contributed by atoms with Crippen LogP contribution >= 0.6 is 11.6 Å². The smallest absolute Gasteiger partial charge is 0.376 e. The summed E-state index contributed by atoms with van der Waals surface area (Å²) in [6.45, 7) is -0.172. The van der Waals surface area contributed by atoms with Crippen LogP contribution in [-0.2, 0) is 11.0 Å². The van der Waals surface area contributed by atoms with E-state index in [2.05, 4.69) is 10.6 Å². The zero-order valence-corrected chi connectivity index (χ0v) is 14.4. The Morgan fingerprint density at radius 2 is 1.84 bits per heavy atom. The standard InChI is InChI=1S/C17H17ClF3N3O/c1-24(2)15-7-6-13(9-14(15)18)23-16(25)10-22-12-5-3-4-11(8-12)17(19,20)21/h3-9,22H,10H2,1-2H3,(H,23,25). The normalized spacial score (nSPS) is 11.1. The van der Waals surface area contributed by atoms with Crippen LogP contribution < -0.4 is 15.5 Å². The Morgan fingerprint density at radius 3 is 2.44 bits per heavy atom. The molecule has 0 aliphatic rings. The summed E-state index contributed by atoms with van der Waals surface area (Å²) in [4.78, 5) is 13.8. The Morgan fingerprint density at radius 1 is 1.12 bits per heavy atom. The van der Waals surface area contributed by atoms with Crippen molar-refractivity contribution in [1.29, 1.82) is 0 Å². The lowest BCUT2D eigenvalue weighted by molar-refractivity contribution is -0.137. The minimum Gasteiger partial charge on any atom is -0.376 e. The summed E-state index contributed by atoms with van der Waals surface area (Å²) in [5.74, 6) is -0.397. The number of amides is 1. The van der Waals surface area contributed by atoms with Gasteiger partial charge in [-0.1, -0.05) is 17.7 Å². The first-order valence-electron chi connectivity index (χ1n) is 7.34. The van der Waals surface area contributed by atoms with Crippen LogP contribution in [0.15, 0.2) is 42.5 Å². The molecular formula is C17H17ClF3N3O. The highest BCUT2D eigenvalue weighted by Gasteiger charge is 2.30. The maximum atomic E-state index is 12.7. The molecular weight excluding hydrogens is 355 g/mol. The maximum Gasteiger partial charge on any atom is 0.416 e. The van der Waals surface area contributed by atoms with Gasteiger partial charge >= 0.3 is 6.18 Å². The summed E-state index contributed by atoms with van der Waals surface area (Å²) in [5, 5.41) is 5.79. The van der Waals surface area contributed by atoms with Gasteiger partial charge in [-0.25, -0.2) is 0 Å². The number of hydrogen-bond acceptors (Lipinski definition) is 3. The fraction of sp³-hybridized carbons (Fsp3) is 0.235. The highest BCUT2D eigenvalue weighted by atomic mass is 35.5. The molecule has 0 fully saturated rings. The van der Waals surface area contributed by atoms with Crippen molar-refractivity contribution in [1.82, 2.24) is 0 Å². The number of carbonyl (C=O) groups excluding carboxylic acids is 1. The first kappa shape index (κ1) is 18.9. The molecule has 8 heteroatoms. The van der Waals surface area contributed by atoms with E-state index in [1.807, 2.05) is 19.0 Å². The molecule has 0 spiro atoms. The summed E-state index contributed by atoms with van der Waals surface area (Å²) in [6, 6.07) is 9.74. The number of benzene rings is 2. The third-order valence-electron chi connectivity index (χ3n) is 3.36. The second-order valence-corrected chi connectivity index (χ2v) is 5.95. The van der Waals surface area contributed by atoms with Gasteiger partial charge in [-0.3, -0.25) is 4.79 Å². The lowest BCUT2D eigenvalue weighted by Gasteiger charge is -2.15. The van der Waals surface area contributed by atoms with Gasteiger partial charge in [0, 0.05) is 25.5 Å². The van der Waals surface area contributed by atoms with Crippen molar-refractivity contribution >= 4 is 34.6 Å². The van der Waals surface area contributed by atoms with Crippen molar-refractivity contribution in [2.75, 3.05) is 36.2 Å². The second-order valence-electron chi connectivity index (χ2n) is 5.54. The first-order valence-corrected chi connectivity index (χ1v) is 7.72. The summed E-state index contributed by atoms with van der Waals surface area (Å²) < 4.78 is 38.0. The highest BCUT2D eigenvalue weighted by molar-refractivity contribution is 6.33. The molecule has 1 amide bonds. The molecule has 0 atom stereocenters. The van der Waals surface area contributed by atoms with Crippen LogP contribution in [0, 0.1) is 0 Å². The highest BCUT2D eigenvalue weighted by Crippen LogP contribution is 2.30. The molecule has 2 N–H and O–H groups in total. The second kappa shape index (κ2) is 7.65. The van der Waals surface area contributed by atoms with Crippen LogP contribution in [0.25, 0.3) is 0 Å². The largest absolute Gasteiger partial charge is 0.416 e. The molecule has 25 heavy (non-hydrogen) atoms. The molecule has 0 radical (unpaired) electrons. The van der Waals surface area contributed by atoms with E-state index in [4.69, 9.17) is 11.6 Å². The van der Waals surface area contributed by atoms with Crippen LogP contribution in [0.3, 0.4) is 0 Å². The van der Waals surface area contributed by atoms with Crippen molar-refractivity contribution in [2.24, 2.45) is 0 Å². The van der Waals surface area contributed by atoms with Crippen molar-refractivity contribution in [2.45, 2.75) is 6.18 Å². The summed E-state index contributed by atoms with van der Waals surface area (Å²) in [6.07, 6.45) is -4.43. The average Bonchev–Trinajstić information content (AvgIpc) is 2.52. The van der Waals surface area contributed by atoms with Crippen molar-refractivity contribution in [3.05, 3.63) is 53.1 Å². The third kappa shape index (κ3) is 5.29. The fourth-order valence-electron chi connectivity index (χ4n) is 2.14. The Bertz CT molecular complexity index is 763. The van der Waals surface area contributed by atoms with Crippen molar-refractivity contribution in [3.8, 4) is 0 Å². The Hall–Kier alpha value is -2.41. The van der Waals surface area contributed by atoms with Gasteiger partial charge in [-0.15, -0.1) is 0 Å². The van der Waals surface area contributed by atoms with E-state index in [0.29, 0.717) is 10.7 Å². The Labute approximate surface area is 148 Å². The molecule has 4 nitrogen and oxygen atoms in total. The van der Waals surface area contributed by atoms with Crippen LogP contribution in [0.2, 0.25) is 5.02 Å². The molecule has 0 saturated heterocycles. The molecule has 0 saturated carbocycles. The van der Waals surface area contributed by atoms with Crippen LogP contribution in [0.4, 0.5) is 30.2 Å². The molecule has 0 aliphatic carbocycles. The van der Waals surface area contributed by atoms with E-state index in [-0.39, 0.29) is 12.2 Å². The van der Waals surface area contributed by atoms with Gasteiger partial charge < -0.3 is 15.5 Å². The van der Waals surface area contributed by atoms with Gasteiger partial charge in [0.15, 0.2) is 0 Å². The number of alkyl halides is 3. The van der Waals surface area contributed by atoms with Gasteiger partial charge in [0.25, 0.3) is 0 Å². The number of anilines is 3. The van der Waals surface area contributed by atoms with Crippen molar-refractivity contribution < 1.29 is 18.0 Å². The molecule has 0 unspecified atom stereocenters. The van der Waals surface area contributed by atoms with E-state index in [9.17, 15) is 18.0 Å². The zero-order chi connectivity index (χ0) is 18.6. The lowest BCUT2D eigenvalue weighted by Crippen LogP contribution is -2.22.